The van der Waals surface area contributed by atoms with Crippen molar-refractivity contribution in [2.75, 3.05) is 44.9 Å². The zero-order valence-corrected chi connectivity index (χ0v) is 22.2. The van der Waals surface area contributed by atoms with E-state index in [1.807, 2.05) is 24.1 Å². The molecule has 1 aromatic carbocycles. The number of aromatic nitrogens is 3. The number of hydrogen-bond donors (Lipinski definition) is 1. The lowest BCUT2D eigenvalue weighted by molar-refractivity contribution is 0.0700. The normalized spacial score (nSPS) is 25.0. The second-order valence-corrected chi connectivity index (χ2v) is 11.4. The number of nitrogens with two attached hydrogens (primary N) is 1. The molecule has 2 saturated heterocycles. The fourth-order valence-corrected chi connectivity index (χ4v) is 6.69. The first-order chi connectivity index (χ1) is 18.5. The maximum absolute atomic E-state index is 13.6. The quantitative estimate of drug-likeness (QED) is 0.538. The highest BCUT2D eigenvalue weighted by Crippen LogP contribution is 2.40. The molecule has 7 rings (SSSR count). The third-order valence-electron chi connectivity index (χ3n) is 9.03. The number of rotatable bonds is 6. The Balaban J connectivity index is 1.28. The maximum Gasteiger partial charge on any atom is 0.254 e. The van der Waals surface area contributed by atoms with E-state index in [0.717, 1.165) is 86.0 Å². The molecule has 9 nitrogen and oxygen atoms in total. The molecule has 3 atom stereocenters. The van der Waals surface area contributed by atoms with Crippen LogP contribution >= 0.6 is 0 Å². The van der Waals surface area contributed by atoms with Gasteiger partial charge in [0.2, 0.25) is 0 Å². The van der Waals surface area contributed by atoms with Gasteiger partial charge in [-0.15, -0.1) is 0 Å². The molecule has 2 saturated carbocycles. The standard InChI is InChI=1S/C29H36N6O3/c1-33-27-22(14-19(15-24(27)37-2)29(36)35-16-18-5-7-23(35)26(18)30)32-28(33)20-6-8-25(34-9-11-38-12-10-34)31-21(20)13-17-3-4-17/h6,8,14-15,17-18,23,26H,3-5,7,9-13,16,30H2,1-2H3/t18-,23-,26-/m1/s1. The van der Waals surface area contributed by atoms with Crippen molar-refractivity contribution in [2.45, 2.75) is 44.2 Å². The fraction of sp³-hybridized carbons (Fsp3) is 0.552. The molecule has 2 aliphatic carbocycles. The van der Waals surface area contributed by atoms with Crippen LogP contribution in [0.2, 0.25) is 0 Å². The van der Waals surface area contributed by atoms with Gasteiger partial charge in [0.1, 0.15) is 22.9 Å². The number of fused-ring (bicyclic) bond motifs is 3. The van der Waals surface area contributed by atoms with E-state index < -0.39 is 0 Å². The van der Waals surface area contributed by atoms with Crippen molar-refractivity contribution in [3.63, 3.8) is 0 Å². The molecule has 200 valence electrons. The molecule has 4 aliphatic rings. The molecule has 0 unspecified atom stereocenters. The third-order valence-corrected chi connectivity index (χ3v) is 9.03. The predicted molar refractivity (Wildman–Crippen MR) is 145 cm³/mol. The number of carbonyl (C=O) groups is 1. The van der Waals surface area contributed by atoms with Crippen LogP contribution in [0.4, 0.5) is 5.82 Å². The second kappa shape index (κ2) is 9.24. The Morgan fingerprint density at radius 1 is 1.13 bits per heavy atom. The van der Waals surface area contributed by atoms with Crippen LogP contribution in [-0.2, 0) is 18.2 Å². The summed E-state index contributed by atoms with van der Waals surface area (Å²) in [6.45, 7) is 3.93. The average Bonchev–Trinajstić information content (AvgIpc) is 3.52. The van der Waals surface area contributed by atoms with Crippen LogP contribution in [0.5, 0.6) is 5.75 Å². The summed E-state index contributed by atoms with van der Waals surface area (Å²) >= 11 is 0. The molecular formula is C29H36N6O3. The topological polar surface area (TPSA) is 98.7 Å². The van der Waals surface area contributed by atoms with Gasteiger partial charge in [-0.1, -0.05) is 0 Å². The molecule has 9 heteroatoms. The van der Waals surface area contributed by atoms with Gasteiger partial charge in [0.05, 0.1) is 31.5 Å². The number of amides is 1. The van der Waals surface area contributed by atoms with Crippen LogP contribution < -0.4 is 15.4 Å². The number of likely N-dealkylation sites (tertiary alicyclic amines) is 1. The Bertz CT molecular complexity index is 1390. The number of ether oxygens (including phenoxy) is 2. The van der Waals surface area contributed by atoms with Crippen molar-refractivity contribution >= 4 is 22.8 Å². The molecule has 2 aromatic heterocycles. The van der Waals surface area contributed by atoms with Gasteiger partial charge in [0.15, 0.2) is 0 Å². The number of aryl methyl sites for hydroxylation is 1. The molecule has 2 bridgehead atoms. The Morgan fingerprint density at radius 3 is 2.63 bits per heavy atom. The molecule has 4 fully saturated rings. The minimum atomic E-state index is 0.0195. The number of piperidine rings is 1. The van der Waals surface area contributed by atoms with E-state index in [-0.39, 0.29) is 18.0 Å². The molecule has 1 amide bonds. The minimum absolute atomic E-state index is 0.0195. The van der Waals surface area contributed by atoms with Gasteiger partial charge >= 0.3 is 0 Å². The Morgan fingerprint density at radius 2 is 1.95 bits per heavy atom. The number of benzene rings is 1. The fourth-order valence-electron chi connectivity index (χ4n) is 6.69. The largest absolute Gasteiger partial charge is 0.494 e. The molecule has 3 aromatic rings. The highest BCUT2D eigenvalue weighted by atomic mass is 16.5. The third kappa shape index (κ3) is 3.94. The Hall–Kier alpha value is -3.17. The number of morpholine rings is 1. The summed E-state index contributed by atoms with van der Waals surface area (Å²) in [5.41, 5.74) is 10.8. The van der Waals surface area contributed by atoms with Gasteiger partial charge < -0.3 is 29.6 Å². The molecule has 0 radical (unpaired) electrons. The van der Waals surface area contributed by atoms with E-state index in [0.29, 0.717) is 23.1 Å². The lowest BCUT2D eigenvalue weighted by atomic mass is 10.1. The average molecular weight is 517 g/mol. The first-order valence-electron chi connectivity index (χ1n) is 14.0. The Labute approximate surface area is 222 Å². The second-order valence-electron chi connectivity index (χ2n) is 11.4. The molecular weight excluding hydrogens is 480 g/mol. The van der Waals surface area contributed by atoms with Crippen molar-refractivity contribution < 1.29 is 14.3 Å². The van der Waals surface area contributed by atoms with Crippen molar-refractivity contribution in [2.24, 2.45) is 24.6 Å². The van der Waals surface area contributed by atoms with Crippen LogP contribution in [-0.4, -0.2) is 77.4 Å². The number of anilines is 1. The first-order valence-corrected chi connectivity index (χ1v) is 14.0. The Kier molecular flexibility index (Phi) is 5.81. The zero-order chi connectivity index (χ0) is 26.0. The molecule has 38 heavy (non-hydrogen) atoms. The highest BCUT2D eigenvalue weighted by molar-refractivity contribution is 6.00. The van der Waals surface area contributed by atoms with Crippen LogP contribution in [0, 0.1) is 11.8 Å². The van der Waals surface area contributed by atoms with Crippen LogP contribution in [0.1, 0.15) is 41.7 Å². The smallest absolute Gasteiger partial charge is 0.254 e. The van der Waals surface area contributed by atoms with Crippen molar-refractivity contribution in [3.8, 4) is 17.1 Å². The predicted octanol–water partition coefficient (Wildman–Crippen LogP) is 2.99. The maximum atomic E-state index is 13.6. The van der Waals surface area contributed by atoms with Crippen LogP contribution in [0.3, 0.4) is 0 Å². The van der Waals surface area contributed by atoms with Gasteiger partial charge in [-0.3, -0.25) is 4.79 Å². The lowest BCUT2D eigenvalue weighted by Crippen LogP contribution is -2.41. The SMILES string of the molecule is COc1cc(C(=O)N2C[C@H]3CC[C@@H]2[C@@H]3N)cc2nc(-c3ccc(N4CCOCC4)nc3CC3CC3)n(C)c12. The van der Waals surface area contributed by atoms with E-state index >= 15 is 0 Å². The van der Waals surface area contributed by atoms with Crippen LogP contribution in [0.25, 0.3) is 22.4 Å². The van der Waals surface area contributed by atoms with E-state index in [1.165, 1.54) is 12.8 Å². The first kappa shape index (κ1) is 23.9. The van der Waals surface area contributed by atoms with Gasteiger partial charge in [-0.05, 0) is 68.2 Å². The number of imidazole rings is 1. The van der Waals surface area contributed by atoms with Gasteiger partial charge in [-0.25, -0.2) is 9.97 Å². The van der Waals surface area contributed by atoms with Crippen molar-refractivity contribution in [1.29, 1.82) is 0 Å². The summed E-state index contributed by atoms with van der Waals surface area (Å²) in [6.07, 6.45) is 5.57. The number of pyridine rings is 1. The summed E-state index contributed by atoms with van der Waals surface area (Å²) in [7, 11) is 3.67. The number of carbonyl (C=O) groups excluding carboxylic acids is 1. The minimum Gasteiger partial charge on any atom is -0.494 e. The van der Waals surface area contributed by atoms with E-state index in [1.54, 1.807) is 7.11 Å². The number of nitrogens with zero attached hydrogens (tertiary/aromatic N) is 5. The molecule has 4 heterocycles. The summed E-state index contributed by atoms with van der Waals surface area (Å²) < 4.78 is 13.4. The molecule has 0 spiro atoms. The van der Waals surface area contributed by atoms with E-state index in [2.05, 4.69) is 21.6 Å². The summed E-state index contributed by atoms with van der Waals surface area (Å²) in [6, 6.07) is 8.26. The van der Waals surface area contributed by atoms with Gasteiger partial charge in [-0.2, -0.15) is 0 Å². The summed E-state index contributed by atoms with van der Waals surface area (Å²) in [5, 5.41) is 0. The lowest BCUT2D eigenvalue weighted by Gasteiger charge is -2.28. The van der Waals surface area contributed by atoms with Gasteiger partial charge in [0.25, 0.3) is 5.91 Å². The van der Waals surface area contributed by atoms with E-state index in [4.69, 9.17) is 25.2 Å². The number of methoxy groups -OCH3 is 1. The zero-order valence-electron chi connectivity index (χ0n) is 22.2. The monoisotopic (exact) mass is 516 g/mol. The van der Waals surface area contributed by atoms with Crippen LogP contribution in [0.15, 0.2) is 24.3 Å². The molecule has 2 aliphatic heterocycles. The van der Waals surface area contributed by atoms with E-state index in [9.17, 15) is 4.79 Å². The van der Waals surface area contributed by atoms with Crippen molar-refractivity contribution in [1.82, 2.24) is 19.4 Å². The number of hydrogen-bond acceptors (Lipinski definition) is 7. The summed E-state index contributed by atoms with van der Waals surface area (Å²) in [5.74, 6) is 3.64. The van der Waals surface area contributed by atoms with Crippen molar-refractivity contribution in [3.05, 3.63) is 35.5 Å². The summed E-state index contributed by atoms with van der Waals surface area (Å²) in [4.78, 5) is 28.1. The molecule has 2 N–H and O–H groups in total. The van der Waals surface area contributed by atoms with Gasteiger partial charge in [0, 0.05) is 49.9 Å². The highest BCUT2D eigenvalue weighted by Gasteiger charge is 2.47.